The first kappa shape index (κ1) is 10.9. The van der Waals surface area contributed by atoms with Gasteiger partial charge in [0.15, 0.2) is 0 Å². The number of nitrogens with one attached hydrogen (secondary N) is 1. The highest BCUT2D eigenvalue weighted by molar-refractivity contribution is 8.01. The van der Waals surface area contributed by atoms with E-state index < -0.39 is 0 Å². The molecule has 0 aliphatic heterocycles. The van der Waals surface area contributed by atoms with Crippen molar-refractivity contribution in [1.29, 1.82) is 0 Å². The van der Waals surface area contributed by atoms with E-state index in [9.17, 15) is 4.79 Å². The van der Waals surface area contributed by atoms with E-state index in [-0.39, 0.29) is 5.91 Å². The number of carbonyl (C=O) groups is 1. The van der Waals surface area contributed by atoms with Gasteiger partial charge < -0.3 is 5.32 Å². The van der Waals surface area contributed by atoms with Crippen molar-refractivity contribution in [2.45, 2.75) is 5.75 Å². The van der Waals surface area contributed by atoms with Crippen LogP contribution in [0, 0.1) is 0 Å². The van der Waals surface area contributed by atoms with Crippen LogP contribution < -0.4 is 5.32 Å². The van der Waals surface area contributed by atoms with Crippen LogP contribution in [-0.4, -0.2) is 13.0 Å². The molecule has 1 amide bonds. The van der Waals surface area contributed by atoms with Crippen LogP contribution in [0.4, 0.5) is 0 Å². The lowest BCUT2D eigenvalue weighted by Gasteiger charge is -1.96. The SMILES string of the molecule is CNC(=O)/C=C\SCc1ccccc1. The normalized spacial score (nSPS) is 10.4. The van der Waals surface area contributed by atoms with Gasteiger partial charge in [0.05, 0.1) is 0 Å². The van der Waals surface area contributed by atoms with Gasteiger partial charge in [-0.05, 0) is 11.0 Å². The van der Waals surface area contributed by atoms with E-state index in [4.69, 9.17) is 0 Å². The number of carbonyl (C=O) groups excluding carboxylic acids is 1. The molecule has 0 aromatic heterocycles. The molecule has 0 bridgehead atoms. The van der Waals surface area contributed by atoms with E-state index in [0.717, 1.165) is 5.75 Å². The number of amides is 1. The standard InChI is InChI=1S/C11H13NOS/c1-12-11(13)7-8-14-9-10-5-3-2-4-6-10/h2-8H,9H2,1H3,(H,12,13)/b8-7-. The number of hydrogen-bond donors (Lipinski definition) is 1. The Labute approximate surface area is 88.4 Å². The Morgan fingerprint density at radius 1 is 1.43 bits per heavy atom. The summed E-state index contributed by atoms with van der Waals surface area (Å²) in [6.07, 6.45) is 1.54. The van der Waals surface area contributed by atoms with Gasteiger partial charge >= 0.3 is 0 Å². The third kappa shape index (κ3) is 4.14. The van der Waals surface area contributed by atoms with Gasteiger partial charge in [-0.25, -0.2) is 0 Å². The molecule has 74 valence electrons. The van der Waals surface area contributed by atoms with Crippen LogP contribution in [0.3, 0.4) is 0 Å². The van der Waals surface area contributed by atoms with Crippen LogP contribution >= 0.6 is 11.8 Å². The summed E-state index contributed by atoms with van der Waals surface area (Å²) in [7, 11) is 1.62. The number of benzene rings is 1. The second-order valence-electron chi connectivity index (χ2n) is 2.71. The van der Waals surface area contributed by atoms with E-state index >= 15 is 0 Å². The molecular weight excluding hydrogens is 194 g/mol. The predicted molar refractivity (Wildman–Crippen MR) is 60.9 cm³/mol. The van der Waals surface area contributed by atoms with Crippen LogP contribution in [-0.2, 0) is 10.5 Å². The van der Waals surface area contributed by atoms with Crippen LogP contribution in [0.1, 0.15) is 5.56 Å². The first-order valence-corrected chi connectivity index (χ1v) is 5.41. The molecule has 14 heavy (non-hydrogen) atoms. The Hall–Kier alpha value is -1.22. The summed E-state index contributed by atoms with van der Waals surface area (Å²) in [5, 5.41) is 4.34. The summed E-state index contributed by atoms with van der Waals surface area (Å²) in [6, 6.07) is 10.2. The average molecular weight is 207 g/mol. The minimum absolute atomic E-state index is 0.0643. The molecular formula is C11H13NOS. The number of hydrogen-bond acceptors (Lipinski definition) is 2. The molecule has 0 saturated carbocycles. The molecule has 0 unspecified atom stereocenters. The molecule has 0 aliphatic rings. The lowest BCUT2D eigenvalue weighted by molar-refractivity contribution is -0.116. The second-order valence-corrected chi connectivity index (χ2v) is 3.61. The zero-order chi connectivity index (χ0) is 10.2. The lowest BCUT2D eigenvalue weighted by Crippen LogP contribution is -2.13. The Balaban J connectivity index is 2.29. The van der Waals surface area contributed by atoms with Crippen molar-refractivity contribution in [2.75, 3.05) is 7.05 Å². The van der Waals surface area contributed by atoms with E-state index in [1.54, 1.807) is 18.8 Å². The highest BCUT2D eigenvalue weighted by Gasteiger charge is 1.90. The maximum absolute atomic E-state index is 10.8. The van der Waals surface area contributed by atoms with Crippen molar-refractivity contribution in [3.05, 3.63) is 47.4 Å². The molecule has 0 saturated heterocycles. The zero-order valence-electron chi connectivity index (χ0n) is 8.07. The second kappa shape index (κ2) is 6.27. The van der Waals surface area contributed by atoms with Crippen molar-refractivity contribution in [1.82, 2.24) is 5.32 Å². The fraction of sp³-hybridized carbons (Fsp3) is 0.182. The third-order valence-corrected chi connectivity index (χ3v) is 2.48. The van der Waals surface area contributed by atoms with Crippen LogP contribution in [0.2, 0.25) is 0 Å². The maximum Gasteiger partial charge on any atom is 0.244 e. The Morgan fingerprint density at radius 2 is 2.14 bits per heavy atom. The molecule has 0 radical (unpaired) electrons. The molecule has 1 aromatic carbocycles. The van der Waals surface area contributed by atoms with Gasteiger partial charge in [-0.2, -0.15) is 0 Å². The first-order valence-electron chi connectivity index (χ1n) is 4.36. The van der Waals surface area contributed by atoms with E-state index in [0.29, 0.717) is 0 Å². The van der Waals surface area contributed by atoms with Gasteiger partial charge in [0.1, 0.15) is 0 Å². The van der Waals surface area contributed by atoms with Gasteiger partial charge in [0, 0.05) is 18.9 Å². The Kier molecular flexibility index (Phi) is 4.86. The lowest BCUT2D eigenvalue weighted by atomic mass is 10.2. The third-order valence-electron chi connectivity index (χ3n) is 1.65. The van der Waals surface area contributed by atoms with E-state index in [2.05, 4.69) is 17.4 Å². The molecule has 3 heteroatoms. The summed E-state index contributed by atoms with van der Waals surface area (Å²) in [5.41, 5.74) is 1.26. The van der Waals surface area contributed by atoms with Crippen molar-refractivity contribution in [3.8, 4) is 0 Å². The summed E-state index contributed by atoms with van der Waals surface area (Å²) in [6.45, 7) is 0. The molecule has 2 nitrogen and oxygen atoms in total. The highest BCUT2D eigenvalue weighted by atomic mass is 32.2. The molecule has 1 N–H and O–H groups in total. The Bertz CT molecular complexity index is 308. The first-order chi connectivity index (χ1) is 6.83. The smallest absolute Gasteiger partial charge is 0.244 e. The largest absolute Gasteiger partial charge is 0.356 e. The molecule has 1 rings (SSSR count). The predicted octanol–water partition coefficient (Wildman–Crippen LogP) is 2.18. The van der Waals surface area contributed by atoms with Gasteiger partial charge in [-0.15, -0.1) is 11.8 Å². The topological polar surface area (TPSA) is 29.1 Å². The summed E-state index contributed by atoms with van der Waals surface area (Å²) in [5.74, 6) is 0.833. The van der Waals surface area contributed by atoms with Crippen LogP contribution in [0.25, 0.3) is 0 Å². The number of rotatable bonds is 4. The molecule has 0 spiro atoms. The molecule has 0 atom stereocenters. The minimum Gasteiger partial charge on any atom is -0.356 e. The highest BCUT2D eigenvalue weighted by Crippen LogP contribution is 2.12. The van der Waals surface area contributed by atoms with Gasteiger partial charge in [0.2, 0.25) is 5.91 Å². The van der Waals surface area contributed by atoms with Crippen molar-refractivity contribution >= 4 is 17.7 Å². The van der Waals surface area contributed by atoms with E-state index in [1.165, 1.54) is 11.6 Å². The molecule has 1 aromatic rings. The monoisotopic (exact) mass is 207 g/mol. The Morgan fingerprint density at radius 3 is 2.79 bits per heavy atom. The maximum atomic E-state index is 10.8. The quantitative estimate of drug-likeness (QED) is 0.767. The van der Waals surface area contributed by atoms with Crippen molar-refractivity contribution < 1.29 is 4.79 Å². The minimum atomic E-state index is -0.0643. The molecule has 0 fully saturated rings. The summed E-state index contributed by atoms with van der Waals surface area (Å²) >= 11 is 1.61. The average Bonchev–Trinajstić information content (AvgIpc) is 2.25. The van der Waals surface area contributed by atoms with E-state index in [1.807, 2.05) is 23.6 Å². The molecule has 0 heterocycles. The number of thioether (sulfide) groups is 1. The fourth-order valence-electron chi connectivity index (χ4n) is 0.912. The summed E-state index contributed by atoms with van der Waals surface area (Å²) in [4.78, 5) is 10.8. The van der Waals surface area contributed by atoms with Crippen LogP contribution in [0.5, 0.6) is 0 Å². The van der Waals surface area contributed by atoms with Gasteiger partial charge in [-0.3, -0.25) is 4.79 Å². The van der Waals surface area contributed by atoms with Crippen molar-refractivity contribution in [2.24, 2.45) is 0 Å². The summed E-state index contributed by atoms with van der Waals surface area (Å²) < 4.78 is 0. The van der Waals surface area contributed by atoms with Crippen LogP contribution in [0.15, 0.2) is 41.8 Å². The van der Waals surface area contributed by atoms with Gasteiger partial charge in [0.25, 0.3) is 0 Å². The molecule has 0 aliphatic carbocycles. The number of likely N-dealkylation sites (N-methyl/N-ethyl adjacent to an activating group) is 1. The fourth-order valence-corrected chi connectivity index (χ4v) is 1.61. The van der Waals surface area contributed by atoms with Crippen molar-refractivity contribution in [3.63, 3.8) is 0 Å². The van der Waals surface area contributed by atoms with Gasteiger partial charge in [-0.1, -0.05) is 30.3 Å². The zero-order valence-corrected chi connectivity index (χ0v) is 8.88.